The fraction of sp³-hybridized carbons (Fsp3) is 0.500. The highest BCUT2D eigenvalue weighted by atomic mass is 35.5. The zero-order chi connectivity index (χ0) is 11.0. The van der Waals surface area contributed by atoms with E-state index in [1.54, 1.807) is 0 Å². The Morgan fingerprint density at radius 1 is 1.27 bits per heavy atom. The average Bonchev–Trinajstić information content (AvgIpc) is 2.46. The lowest BCUT2D eigenvalue weighted by molar-refractivity contribution is 0.494. The maximum atomic E-state index is 6.18. The first-order valence-corrected chi connectivity index (χ1v) is 5.76. The number of rotatable bonds is 1. The van der Waals surface area contributed by atoms with Crippen molar-refractivity contribution < 1.29 is 0 Å². The molecule has 2 N–H and O–H groups in total. The molecule has 0 bridgehead atoms. The second-order valence-corrected chi connectivity index (χ2v) is 4.94. The Bertz CT molecular complexity index is 334. The summed E-state index contributed by atoms with van der Waals surface area (Å²) in [6.07, 6.45) is 0. The SMILES string of the molecule is CC1CN(c2c(N)cccc2Cl)CC1C. The van der Waals surface area contributed by atoms with Crippen LogP contribution in [0.3, 0.4) is 0 Å². The summed E-state index contributed by atoms with van der Waals surface area (Å²) < 4.78 is 0. The molecule has 2 unspecified atom stereocenters. The molecule has 2 rings (SSSR count). The van der Waals surface area contributed by atoms with Crippen molar-refractivity contribution in [2.24, 2.45) is 11.8 Å². The minimum Gasteiger partial charge on any atom is -0.397 e. The Labute approximate surface area is 96.0 Å². The van der Waals surface area contributed by atoms with Crippen LogP contribution in [0.4, 0.5) is 11.4 Å². The van der Waals surface area contributed by atoms with Gasteiger partial charge in [-0.1, -0.05) is 31.5 Å². The van der Waals surface area contributed by atoms with Crippen molar-refractivity contribution in [2.75, 3.05) is 23.7 Å². The third kappa shape index (κ3) is 1.91. The number of nitrogen functional groups attached to an aromatic ring is 1. The Kier molecular flexibility index (Phi) is 2.79. The van der Waals surface area contributed by atoms with Crippen molar-refractivity contribution in [2.45, 2.75) is 13.8 Å². The van der Waals surface area contributed by atoms with E-state index in [0.717, 1.165) is 29.5 Å². The van der Waals surface area contributed by atoms with Crippen LogP contribution in [-0.4, -0.2) is 13.1 Å². The fourth-order valence-corrected chi connectivity index (χ4v) is 2.48. The van der Waals surface area contributed by atoms with E-state index < -0.39 is 0 Å². The minimum absolute atomic E-state index is 0.709. The van der Waals surface area contributed by atoms with Crippen molar-refractivity contribution in [3.05, 3.63) is 23.2 Å². The van der Waals surface area contributed by atoms with E-state index in [0.29, 0.717) is 11.8 Å². The number of hydrogen-bond donors (Lipinski definition) is 1. The molecule has 3 heteroatoms. The molecule has 0 aromatic heterocycles. The van der Waals surface area contributed by atoms with Gasteiger partial charge in [-0.25, -0.2) is 0 Å². The number of para-hydroxylation sites is 1. The Hall–Kier alpha value is -0.890. The van der Waals surface area contributed by atoms with Gasteiger partial charge in [-0.15, -0.1) is 0 Å². The molecule has 1 aromatic carbocycles. The van der Waals surface area contributed by atoms with Gasteiger partial charge in [0.25, 0.3) is 0 Å². The van der Waals surface area contributed by atoms with Gasteiger partial charge >= 0.3 is 0 Å². The zero-order valence-electron chi connectivity index (χ0n) is 9.20. The number of benzene rings is 1. The van der Waals surface area contributed by atoms with E-state index in [1.165, 1.54) is 0 Å². The van der Waals surface area contributed by atoms with Gasteiger partial charge in [0.15, 0.2) is 0 Å². The van der Waals surface area contributed by atoms with E-state index >= 15 is 0 Å². The molecule has 82 valence electrons. The summed E-state index contributed by atoms with van der Waals surface area (Å²) in [5, 5.41) is 0.760. The lowest BCUT2D eigenvalue weighted by atomic mass is 10.0. The average molecular weight is 225 g/mol. The molecule has 0 saturated carbocycles. The third-order valence-corrected chi connectivity index (χ3v) is 3.63. The molecule has 1 aliphatic rings. The first-order chi connectivity index (χ1) is 7.09. The van der Waals surface area contributed by atoms with Crippen LogP contribution in [0.5, 0.6) is 0 Å². The number of anilines is 2. The normalized spacial score (nSPS) is 25.9. The fourth-order valence-electron chi connectivity index (χ4n) is 2.18. The second-order valence-electron chi connectivity index (χ2n) is 4.54. The highest BCUT2D eigenvalue weighted by Gasteiger charge is 2.28. The van der Waals surface area contributed by atoms with E-state index in [9.17, 15) is 0 Å². The zero-order valence-corrected chi connectivity index (χ0v) is 9.96. The Balaban J connectivity index is 2.31. The summed E-state index contributed by atoms with van der Waals surface area (Å²) in [6.45, 7) is 6.65. The molecule has 0 spiro atoms. The van der Waals surface area contributed by atoms with Crippen molar-refractivity contribution in [1.29, 1.82) is 0 Å². The maximum absolute atomic E-state index is 6.18. The van der Waals surface area contributed by atoms with Crippen LogP contribution in [0.2, 0.25) is 5.02 Å². The minimum atomic E-state index is 0.709. The first-order valence-electron chi connectivity index (χ1n) is 5.38. The Morgan fingerprint density at radius 3 is 2.40 bits per heavy atom. The summed E-state index contributed by atoms with van der Waals surface area (Å²) in [7, 11) is 0. The van der Waals surface area contributed by atoms with Gasteiger partial charge in [0.05, 0.1) is 16.4 Å². The topological polar surface area (TPSA) is 29.3 Å². The first kappa shape index (κ1) is 10.6. The monoisotopic (exact) mass is 224 g/mol. The van der Waals surface area contributed by atoms with Gasteiger partial charge in [0.2, 0.25) is 0 Å². The largest absolute Gasteiger partial charge is 0.397 e. The van der Waals surface area contributed by atoms with E-state index in [2.05, 4.69) is 18.7 Å². The molecule has 2 atom stereocenters. The molecule has 0 radical (unpaired) electrons. The van der Waals surface area contributed by atoms with Crippen LogP contribution in [0.15, 0.2) is 18.2 Å². The molecular formula is C12H17ClN2. The molecule has 1 saturated heterocycles. The van der Waals surface area contributed by atoms with Gasteiger partial charge in [-0.3, -0.25) is 0 Å². The smallest absolute Gasteiger partial charge is 0.0789 e. The van der Waals surface area contributed by atoms with Gasteiger partial charge < -0.3 is 10.6 Å². The van der Waals surface area contributed by atoms with E-state index in [4.69, 9.17) is 17.3 Å². The maximum Gasteiger partial charge on any atom is 0.0789 e. The quantitative estimate of drug-likeness (QED) is 0.744. The molecule has 15 heavy (non-hydrogen) atoms. The van der Waals surface area contributed by atoms with Crippen LogP contribution in [0, 0.1) is 11.8 Å². The van der Waals surface area contributed by atoms with E-state index in [-0.39, 0.29) is 0 Å². The lowest BCUT2D eigenvalue weighted by Crippen LogP contribution is -2.21. The van der Waals surface area contributed by atoms with E-state index in [1.807, 2.05) is 18.2 Å². The highest BCUT2D eigenvalue weighted by molar-refractivity contribution is 6.34. The molecular weight excluding hydrogens is 208 g/mol. The molecule has 1 aromatic rings. The number of nitrogens with zero attached hydrogens (tertiary/aromatic N) is 1. The number of halogens is 1. The lowest BCUT2D eigenvalue weighted by Gasteiger charge is -2.21. The third-order valence-electron chi connectivity index (χ3n) is 3.32. The van der Waals surface area contributed by atoms with Crippen LogP contribution in [0.25, 0.3) is 0 Å². The molecule has 2 nitrogen and oxygen atoms in total. The van der Waals surface area contributed by atoms with Gasteiger partial charge in [0, 0.05) is 13.1 Å². The summed E-state index contributed by atoms with van der Waals surface area (Å²) >= 11 is 6.18. The number of hydrogen-bond acceptors (Lipinski definition) is 2. The second kappa shape index (κ2) is 3.93. The van der Waals surface area contributed by atoms with Gasteiger partial charge in [-0.05, 0) is 24.0 Å². The number of nitrogens with two attached hydrogens (primary N) is 1. The van der Waals surface area contributed by atoms with Crippen molar-refractivity contribution in [3.8, 4) is 0 Å². The van der Waals surface area contributed by atoms with Crippen molar-refractivity contribution in [3.63, 3.8) is 0 Å². The molecule has 0 aliphatic carbocycles. The van der Waals surface area contributed by atoms with Gasteiger partial charge in [0.1, 0.15) is 0 Å². The molecule has 1 aliphatic heterocycles. The van der Waals surface area contributed by atoms with Crippen LogP contribution >= 0.6 is 11.6 Å². The summed E-state index contributed by atoms with van der Waals surface area (Å²) in [4.78, 5) is 2.30. The highest BCUT2D eigenvalue weighted by Crippen LogP contribution is 2.36. The van der Waals surface area contributed by atoms with Crippen LogP contribution in [0.1, 0.15) is 13.8 Å². The van der Waals surface area contributed by atoms with Gasteiger partial charge in [-0.2, -0.15) is 0 Å². The predicted molar refractivity (Wildman–Crippen MR) is 66.4 cm³/mol. The summed E-state index contributed by atoms with van der Waals surface area (Å²) in [5.41, 5.74) is 7.76. The molecule has 1 heterocycles. The van der Waals surface area contributed by atoms with Crippen LogP contribution < -0.4 is 10.6 Å². The van der Waals surface area contributed by atoms with Crippen molar-refractivity contribution >= 4 is 23.0 Å². The molecule has 0 amide bonds. The summed E-state index contributed by atoms with van der Waals surface area (Å²) in [5.74, 6) is 1.42. The standard InChI is InChI=1S/C12H17ClN2/c1-8-6-15(7-9(8)2)12-10(13)4-3-5-11(12)14/h3-5,8-9H,6-7,14H2,1-2H3. The van der Waals surface area contributed by atoms with Crippen LogP contribution in [-0.2, 0) is 0 Å². The Morgan fingerprint density at radius 2 is 1.87 bits per heavy atom. The molecule has 1 fully saturated rings. The predicted octanol–water partition coefficient (Wildman–Crippen LogP) is 3.01. The van der Waals surface area contributed by atoms with Crippen molar-refractivity contribution in [1.82, 2.24) is 0 Å². The summed E-state index contributed by atoms with van der Waals surface area (Å²) in [6, 6.07) is 5.71.